The zero-order valence-corrected chi connectivity index (χ0v) is 23.2. The summed E-state index contributed by atoms with van der Waals surface area (Å²) < 4.78 is 27.4. The average molecular weight is 539 g/mol. The lowest BCUT2D eigenvalue weighted by Crippen LogP contribution is -2.75. The Morgan fingerprint density at radius 3 is 2.13 bits per heavy atom. The van der Waals surface area contributed by atoms with Crippen molar-refractivity contribution in [1.82, 2.24) is 9.80 Å². The predicted molar refractivity (Wildman–Crippen MR) is 141 cm³/mol. The molecule has 0 aliphatic carbocycles. The summed E-state index contributed by atoms with van der Waals surface area (Å²) in [6, 6.07) is 5.56. The number of carbonyl (C=O) groups excluding carboxylic acids is 3. The normalized spacial score (nSPS) is 23.4. The second kappa shape index (κ2) is 9.98. The van der Waals surface area contributed by atoms with E-state index in [2.05, 4.69) is 0 Å². The Hall–Kier alpha value is -3.95. The van der Waals surface area contributed by atoms with Crippen LogP contribution in [0.3, 0.4) is 0 Å². The maximum atomic E-state index is 14.0. The Labute approximate surface area is 227 Å². The number of carbonyl (C=O) groups is 3. The highest BCUT2D eigenvalue weighted by Gasteiger charge is 2.60. The van der Waals surface area contributed by atoms with Crippen molar-refractivity contribution >= 4 is 17.6 Å². The molecule has 2 aromatic carbocycles. The standard InChI is InChI=1S/C29H34N2O8/c1-29-23-9-7-8-19(27(33)30(29)11-10-16-12-18(35-2)15-20(36-3)24(16)29)31(23)28(34)25(32)17-13-21(37-4)26(39-6)22(14-17)38-5/h12-15,19,23H,7-11H2,1-6H3/t19-,23?,29-/m0/s1. The Morgan fingerprint density at radius 2 is 1.54 bits per heavy atom. The van der Waals surface area contributed by atoms with Gasteiger partial charge in [0, 0.05) is 23.7 Å². The minimum absolute atomic E-state index is 0.0963. The molecule has 10 heteroatoms. The fourth-order valence-electron chi connectivity index (χ4n) is 6.69. The van der Waals surface area contributed by atoms with Crippen molar-refractivity contribution < 1.29 is 38.1 Å². The van der Waals surface area contributed by atoms with Gasteiger partial charge in [0.05, 0.1) is 47.1 Å². The van der Waals surface area contributed by atoms with Crippen LogP contribution in [0.1, 0.15) is 47.7 Å². The van der Waals surface area contributed by atoms with E-state index in [4.69, 9.17) is 23.7 Å². The van der Waals surface area contributed by atoms with Crippen LogP contribution in [-0.4, -0.2) is 81.6 Å². The first-order valence-electron chi connectivity index (χ1n) is 13.0. The van der Waals surface area contributed by atoms with Gasteiger partial charge in [-0.1, -0.05) is 0 Å². The quantitative estimate of drug-likeness (QED) is 0.392. The summed E-state index contributed by atoms with van der Waals surface area (Å²) in [7, 11) is 7.54. The van der Waals surface area contributed by atoms with Crippen molar-refractivity contribution in [2.75, 3.05) is 42.1 Å². The fraction of sp³-hybridized carbons (Fsp3) is 0.483. The maximum Gasteiger partial charge on any atom is 0.295 e. The molecule has 0 N–H and O–H groups in total. The molecule has 3 atom stereocenters. The summed E-state index contributed by atoms with van der Waals surface area (Å²) in [6.45, 7) is 2.49. The van der Waals surface area contributed by atoms with Crippen molar-refractivity contribution in [1.29, 1.82) is 0 Å². The number of nitrogens with zero attached hydrogens (tertiary/aromatic N) is 2. The monoisotopic (exact) mass is 538 g/mol. The summed E-state index contributed by atoms with van der Waals surface area (Å²) >= 11 is 0. The van der Waals surface area contributed by atoms with Gasteiger partial charge in [-0.15, -0.1) is 0 Å². The molecule has 0 radical (unpaired) electrons. The lowest BCUT2D eigenvalue weighted by atomic mass is 9.69. The van der Waals surface area contributed by atoms with Gasteiger partial charge in [-0.2, -0.15) is 0 Å². The van der Waals surface area contributed by atoms with E-state index in [9.17, 15) is 14.4 Å². The number of ether oxygens (including phenoxy) is 5. The summed E-state index contributed by atoms with van der Waals surface area (Å²) in [5.41, 5.74) is 1.07. The molecule has 3 heterocycles. The second-order valence-corrected chi connectivity index (χ2v) is 10.2. The lowest BCUT2D eigenvalue weighted by molar-refractivity contribution is -0.175. The molecule has 1 unspecified atom stereocenters. The molecular weight excluding hydrogens is 504 g/mol. The van der Waals surface area contributed by atoms with Gasteiger partial charge in [0.25, 0.3) is 11.7 Å². The molecule has 0 saturated carbocycles. The zero-order chi connectivity index (χ0) is 28.1. The first-order valence-corrected chi connectivity index (χ1v) is 13.0. The van der Waals surface area contributed by atoms with Gasteiger partial charge in [-0.25, -0.2) is 0 Å². The van der Waals surface area contributed by atoms with Crippen molar-refractivity contribution in [3.8, 4) is 28.7 Å². The van der Waals surface area contributed by atoms with Gasteiger partial charge in [-0.05, 0) is 56.4 Å². The fourth-order valence-corrected chi connectivity index (χ4v) is 6.69. The third-order valence-electron chi connectivity index (χ3n) is 8.47. The number of ketones is 1. The zero-order valence-electron chi connectivity index (χ0n) is 23.2. The highest BCUT2D eigenvalue weighted by Crippen LogP contribution is 2.52. The van der Waals surface area contributed by atoms with Gasteiger partial charge in [0.1, 0.15) is 17.5 Å². The topological polar surface area (TPSA) is 104 Å². The minimum Gasteiger partial charge on any atom is -0.497 e. The Bertz CT molecular complexity index is 1300. The predicted octanol–water partition coefficient (Wildman–Crippen LogP) is 2.98. The highest BCUT2D eigenvalue weighted by atomic mass is 16.5. The summed E-state index contributed by atoms with van der Waals surface area (Å²) in [5, 5.41) is 0. The van der Waals surface area contributed by atoms with E-state index in [0.717, 1.165) is 17.5 Å². The summed E-state index contributed by atoms with van der Waals surface area (Å²) in [6.07, 6.45) is 2.55. The van der Waals surface area contributed by atoms with Crippen molar-refractivity contribution in [2.24, 2.45) is 0 Å². The summed E-state index contributed by atoms with van der Waals surface area (Å²) in [5.74, 6) is 0.485. The van der Waals surface area contributed by atoms with E-state index in [-0.39, 0.29) is 23.0 Å². The molecule has 2 bridgehead atoms. The van der Waals surface area contributed by atoms with E-state index in [1.807, 2.05) is 17.9 Å². The van der Waals surface area contributed by atoms with Gasteiger partial charge < -0.3 is 33.5 Å². The van der Waals surface area contributed by atoms with Crippen LogP contribution in [0, 0.1) is 0 Å². The third kappa shape index (κ3) is 3.87. The molecule has 0 aromatic heterocycles. The molecule has 3 aliphatic rings. The van der Waals surface area contributed by atoms with Crippen LogP contribution in [0.4, 0.5) is 0 Å². The van der Waals surface area contributed by atoms with Crippen molar-refractivity contribution in [3.63, 3.8) is 0 Å². The number of rotatable bonds is 7. The van der Waals surface area contributed by atoms with Crippen LogP contribution in [-0.2, 0) is 21.5 Å². The Balaban J connectivity index is 1.61. The third-order valence-corrected chi connectivity index (χ3v) is 8.47. The molecule has 0 spiro atoms. The van der Waals surface area contributed by atoms with Crippen LogP contribution in [0.2, 0.25) is 0 Å². The van der Waals surface area contributed by atoms with E-state index in [1.54, 1.807) is 20.3 Å². The molecule has 2 amide bonds. The van der Waals surface area contributed by atoms with Gasteiger partial charge in [0.2, 0.25) is 11.7 Å². The number of Topliss-reactive ketones (excluding diaryl/α,β-unsaturated/α-hetero) is 1. The Morgan fingerprint density at radius 1 is 0.872 bits per heavy atom. The average Bonchev–Trinajstić information content (AvgIpc) is 2.97. The number of piperidine rings is 1. The first kappa shape index (κ1) is 26.6. The number of methoxy groups -OCH3 is 5. The highest BCUT2D eigenvalue weighted by molar-refractivity contribution is 6.43. The van der Waals surface area contributed by atoms with Crippen LogP contribution in [0.25, 0.3) is 0 Å². The van der Waals surface area contributed by atoms with Gasteiger partial charge >= 0.3 is 0 Å². The second-order valence-electron chi connectivity index (χ2n) is 10.2. The SMILES string of the molecule is COc1cc2c(c(OC)c1)[C@]1(C)C3CCC[C@@H](C(=O)N1CC2)N3C(=O)C(=O)c1cc(OC)c(OC)c(OC)c1. The molecule has 5 rings (SSSR count). The van der Waals surface area contributed by atoms with E-state index >= 15 is 0 Å². The molecule has 39 heavy (non-hydrogen) atoms. The number of amides is 2. The minimum atomic E-state index is -0.884. The number of benzene rings is 2. The lowest BCUT2D eigenvalue weighted by Gasteiger charge is -2.61. The van der Waals surface area contributed by atoms with Crippen molar-refractivity contribution in [2.45, 2.75) is 50.2 Å². The molecule has 3 aliphatic heterocycles. The van der Waals surface area contributed by atoms with Gasteiger partial charge in [0.15, 0.2) is 11.5 Å². The number of fused-ring (bicyclic) bond motifs is 6. The Kier molecular flexibility index (Phi) is 6.82. The number of piperazine rings is 1. The first-order chi connectivity index (χ1) is 18.7. The smallest absolute Gasteiger partial charge is 0.295 e. The van der Waals surface area contributed by atoms with E-state index in [1.165, 1.54) is 38.4 Å². The van der Waals surface area contributed by atoms with E-state index in [0.29, 0.717) is 43.1 Å². The largest absolute Gasteiger partial charge is 0.497 e. The number of hydrogen-bond acceptors (Lipinski definition) is 8. The molecule has 2 fully saturated rings. The van der Waals surface area contributed by atoms with E-state index < -0.39 is 29.3 Å². The maximum absolute atomic E-state index is 14.0. The van der Waals surface area contributed by atoms with Gasteiger partial charge in [-0.3, -0.25) is 14.4 Å². The van der Waals surface area contributed by atoms with Crippen LogP contribution < -0.4 is 23.7 Å². The van der Waals surface area contributed by atoms with Crippen LogP contribution in [0.5, 0.6) is 28.7 Å². The number of hydrogen-bond donors (Lipinski definition) is 0. The van der Waals surface area contributed by atoms with Crippen LogP contribution in [0.15, 0.2) is 24.3 Å². The molecule has 10 nitrogen and oxygen atoms in total. The molecular formula is C29H34N2O8. The molecule has 208 valence electrons. The van der Waals surface area contributed by atoms with Crippen LogP contribution >= 0.6 is 0 Å². The van der Waals surface area contributed by atoms with Crippen molar-refractivity contribution in [3.05, 3.63) is 41.0 Å². The summed E-state index contributed by atoms with van der Waals surface area (Å²) in [4.78, 5) is 45.1. The molecule has 2 aromatic rings. The molecule has 2 saturated heterocycles.